The monoisotopic (exact) mass is 274 g/mol. The summed E-state index contributed by atoms with van der Waals surface area (Å²) in [7, 11) is 0. The van der Waals surface area contributed by atoms with Gasteiger partial charge in [-0.3, -0.25) is 0 Å². The number of benzene rings is 1. The molecule has 0 bridgehead atoms. The topological polar surface area (TPSA) is 62.2 Å². The van der Waals surface area contributed by atoms with Crippen LogP contribution in [-0.2, 0) is 0 Å². The molecule has 2 atom stereocenters. The molecule has 0 spiro atoms. The minimum absolute atomic E-state index is 0.157. The first-order chi connectivity index (χ1) is 9.15. The van der Waals surface area contributed by atoms with Crippen molar-refractivity contribution in [3.05, 3.63) is 46.5 Å². The molecule has 3 rings (SSSR count). The maximum atomic E-state index is 10.9. The molecule has 2 N–H and O–H groups in total. The lowest BCUT2D eigenvalue weighted by molar-refractivity contribution is 0.0690. The summed E-state index contributed by atoms with van der Waals surface area (Å²) in [6.07, 6.45) is 1.07. The number of carbonyl (C=O) groups is 1. The van der Waals surface area contributed by atoms with Crippen LogP contribution in [0.15, 0.2) is 30.3 Å². The number of nitrogens with zero attached hydrogens (tertiary/aromatic N) is 1. The molecule has 1 fully saturated rings. The van der Waals surface area contributed by atoms with Crippen molar-refractivity contribution in [1.29, 1.82) is 0 Å². The minimum Gasteiger partial charge on any atom is -0.476 e. The van der Waals surface area contributed by atoms with Crippen molar-refractivity contribution in [2.24, 2.45) is 0 Å². The van der Waals surface area contributed by atoms with E-state index in [1.165, 1.54) is 16.9 Å². The Bertz CT molecular complexity index is 609. The number of hydrogen-bond donors (Lipinski definition) is 2. The fourth-order valence-electron chi connectivity index (χ4n) is 2.24. The number of carboxylic acid groups (broad SMARTS) is 1. The number of hydrogen-bond acceptors (Lipinski definition) is 4. The second kappa shape index (κ2) is 4.66. The van der Waals surface area contributed by atoms with E-state index in [0.717, 1.165) is 11.3 Å². The molecule has 19 heavy (non-hydrogen) atoms. The van der Waals surface area contributed by atoms with Crippen molar-refractivity contribution in [2.45, 2.75) is 25.3 Å². The Balaban J connectivity index is 1.68. The van der Waals surface area contributed by atoms with Crippen LogP contribution in [0.25, 0.3) is 0 Å². The fraction of sp³-hybridized carbons (Fsp3) is 0.286. The van der Waals surface area contributed by atoms with E-state index in [1.807, 2.05) is 18.2 Å². The van der Waals surface area contributed by atoms with Crippen LogP contribution in [0.1, 0.15) is 33.3 Å². The summed E-state index contributed by atoms with van der Waals surface area (Å²) in [6, 6.07) is 10.7. The van der Waals surface area contributed by atoms with Gasteiger partial charge in [-0.15, -0.1) is 11.3 Å². The highest BCUT2D eigenvalue weighted by molar-refractivity contribution is 7.15. The number of aromatic nitrogens is 1. The Morgan fingerprint density at radius 2 is 2.16 bits per heavy atom. The molecule has 1 aliphatic rings. The third-order valence-electron chi connectivity index (χ3n) is 3.33. The van der Waals surface area contributed by atoms with Crippen molar-refractivity contribution in [3.8, 4) is 0 Å². The van der Waals surface area contributed by atoms with Crippen LogP contribution < -0.4 is 5.32 Å². The number of thiazole rings is 1. The number of carboxylic acids is 1. The number of nitrogens with one attached hydrogen (secondary N) is 1. The lowest BCUT2D eigenvalue weighted by atomic mass is 10.1. The first kappa shape index (κ1) is 12.2. The molecule has 1 aromatic carbocycles. The highest BCUT2D eigenvalue weighted by Crippen LogP contribution is 2.43. The minimum atomic E-state index is -0.961. The van der Waals surface area contributed by atoms with E-state index in [-0.39, 0.29) is 5.69 Å². The molecule has 0 amide bonds. The van der Waals surface area contributed by atoms with Crippen molar-refractivity contribution < 1.29 is 9.90 Å². The maximum absolute atomic E-state index is 10.9. The van der Waals surface area contributed by atoms with Gasteiger partial charge in [0.2, 0.25) is 0 Å². The Hall–Kier alpha value is -1.88. The van der Waals surface area contributed by atoms with Gasteiger partial charge in [0.25, 0.3) is 0 Å². The Kier molecular flexibility index (Phi) is 2.98. The lowest BCUT2D eigenvalue weighted by Crippen LogP contribution is -2.05. The molecule has 1 aliphatic carbocycles. The van der Waals surface area contributed by atoms with Crippen LogP contribution in [0.5, 0.6) is 0 Å². The lowest BCUT2D eigenvalue weighted by Gasteiger charge is -2.01. The van der Waals surface area contributed by atoms with Gasteiger partial charge >= 0.3 is 5.97 Å². The quantitative estimate of drug-likeness (QED) is 0.899. The van der Waals surface area contributed by atoms with E-state index in [2.05, 4.69) is 22.4 Å². The largest absolute Gasteiger partial charge is 0.476 e. The number of anilines is 1. The van der Waals surface area contributed by atoms with E-state index in [1.54, 1.807) is 6.92 Å². The third-order valence-corrected chi connectivity index (χ3v) is 4.23. The summed E-state index contributed by atoms with van der Waals surface area (Å²) in [5.74, 6) is -0.448. The first-order valence-electron chi connectivity index (χ1n) is 6.17. The van der Waals surface area contributed by atoms with E-state index >= 15 is 0 Å². The Labute approximate surface area is 115 Å². The summed E-state index contributed by atoms with van der Waals surface area (Å²) in [4.78, 5) is 15.8. The van der Waals surface area contributed by atoms with Crippen LogP contribution in [0.2, 0.25) is 0 Å². The average molecular weight is 274 g/mol. The van der Waals surface area contributed by atoms with Gasteiger partial charge in [-0.2, -0.15) is 0 Å². The third kappa shape index (κ3) is 2.46. The molecule has 5 heteroatoms. The average Bonchev–Trinajstić information content (AvgIpc) is 3.05. The summed E-state index contributed by atoms with van der Waals surface area (Å²) in [5.41, 5.74) is 1.48. The molecule has 2 unspecified atom stereocenters. The predicted octanol–water partition coefficient (Wildman–Crippen LogP) is 3.12. The standard InChI is InChI=1S/C14H14N2O2S/c1-8-12(13(17)18)16-14(19-8)15-11-7-10(11)9-5-3-2-4-6-9/h2-6,10-11H,7H2,1H3,(H,15,16)(H,17,18). The van der Waals surface area contributed by atoms with E-state index in [4.69, 9.17) is 5.11 Å². The number of aryl methyl sites for hydroxylation is 1. The first-order valence-corrected chi connectivity index (χ1v) is 6.99. The van der Waals surface area contributed by atoms with Gasteiger partial charge in [-0.05, 0) is 18.9 Å². The Morgan fingerprint density at radius 1 is 1.42 bits per heavy atom. The van der Waals surface area contributed by atoms with Crippen molar-refractivity contribution in [1.82, 2.24) is 4.98 Å². The smallest absolute Gasteiger partial charge is 0.355 e. The molecule has 0 aliphatic heterocycles. The van der Waals surface area contributed by atoms with Gasteiger partial charge in [0.05, 0.1) is 0 Å². The maximum Gasteiger partial charge on any atom is 0.355 e. The fourth-order valence-corrected chi connectivity index (χ4v) is 3.11. The molecule has 0 saturated heterocycles. The van der Waals surface area contributed by atoms with Crippen LogP contribution in [0.3, 0.4) is 0 Å². The van der Waals surface area contributed by atoms with Crippen LogP contribution >= 0.6 is 11.3 Å². The molecule has 1 aromatic heterocycles. The summed E-state index contributed by atoms with van der Waals surface area (Å²) in [6.45, 7) is 1.79. The van der Waals surface area contributed by atoms with Crippen molar-refractivity contribution >= 4 is 22.4 Å². The van der Waals surface area contributed by atoms with E-state index < -0.39 is 5.97 Å². The molecule has 2 aromatic rings. The zero-order valence-electron chi connectivity index (χ0n) is 10.5. The van der Waals surface area contributed by atoms with Gasteiger partial charge in [0, 0.05) is 16.8 Å². The van der Waals surface area contributed by atoms with Gasteiger partial charge < -0.3 is 10.4 Å². The highest BCUT2D eigenvalue weighted by Gasteiger charge is 2.38. The normalized spacial score (nSPS) is 21.1. The van der Waals surface area contributed by atoms with Gasteiger partial charge in [-0.1, -0.05) is 30.3 Å². The number of aromatic carboxylic acids is 1. The van der Waals surface area contributed by atoms with Crippen LogP contribution in [0.4, 0.5) is 5.13 Å². The molecular formula is C14H14N2O2S. The van der Waals surface area contributed by atoms with Crippen LogP contribution in [0, 0.1) is 6.92 Å². The van der Waals surface area contributed by atoms with Gasteiger partial charge in [-0.25, -0.2) is 9.78 Å². The van der Waals surface area contributed by atoms with Crippen molar-refractivity contribution in [2.75, 3.05) is 5.32 Å². The van der Waals surface area contributed by atoms with Gasteiger partial charge in [0.15, 0.2) is 10.8 Å². The highest BCUT2D eigenvalue weighted by atomic mass is 32.1. The molecular weight excluding hydrogens is 260 g/mol. The van der Waals surface area contributed by atoms with Crippen molar-refractivity contribution in [3.63, 3.8) is 0 Å². The SMILES string of the molecule is Cc1sc(NC2CC2c2ccccc2)nc1C(=O)O. The molecule has 1 saturated carbocycles. The summed E-state index contributed by atoms with van der Waals surface area (Å²) < 4.78 is 0. The summed E-state index contributed by atoms with van der Waals surface area (Å²) in [5, 5.41) is 13.0. The zero-order chi connectivity index (χ0) is 13.4. The van der Waals surface area contributed by atoms with E-state index in [0.29, 0.717) is 17.1 Å². The van der Waals surface area contributed by atoms with E-state index in [9.17, 15) is 4.79 Å². The molecule has 1 heterocycles. The number of rotatable bonds is 4. The zero-order valence-corrected chi connectivity index (χ0v) is 11.3. The predicted molar refractivity (Wildman–Crippen MR) is 75.0 cm³/mol. The van der Waals surface area contributed by atoms with Crippen LogP contribution in [-0.4, -0.2) is 22.1 Å². The second-order valence-corrected chi connectivity index (χ2v) is 5.94. The second-order valence-electron chi connectivity index (χ2n) is 4.73. The molecule has 0 radical (unpaired) electrons. The van der Waals surface area contributed by atoms with Gasteiger partial charge in [0.1, 0.15) is 0 Å². The summed E-state index contributed by atoms with van der Waals surface area (Å²) >= 11 is 1.41. The molecule has 4 nitrogen and oxygen atoms in total. The molecule has 98 valence electrons. The Morgan fingerprint density at radius 3 is 2.79 bits per heavy atom.